The molecule has 2 N–H and O–H groups in total. The van der Waals surface area contributed by atoms with E-state index in [-0.39, 0.29) is 17.8 Å². The molecular formula is C34H40O8. The first kappa shape index (κ1) is 31.2. The summed E-state index contributed by atoms with van der Waals surface area (Å²) in [6, 6.07) is 16.5. The molecule has 2 atom stereocenters. The molecule has 4 rings (SSSR count). The molecule has 0 aromatic heterocycles. The highest BCUT2D eigenvalue weighted by Crippen LogP contribution is 2.47. The van der Waals surface area contributed by atoms with E-state index in [0.717, 1.165) is 48.1 Å². The molecule has 2 unspecified atom stereocenters. The molecule has 0 aliphatic heterocycles. The number of unbranched alkanes of at least 4 members (excludes halogenated alkanes) is 3. The molecule has 42 heavy (non-hydrogen) atoms. The highest BCUT2D eigenvalue weighted by Gasteiger charge is 2.27. The summed E-state index contributed by atoms with van der Waals surface area (Å²) in [4.78, 5) is 24.6. The number of hydrogen-bond donors (Lipinski definition) is 2. The summed E-state index contributed by atoms with van der Waals surface area (Å²) in [5.41, 5.74) is 5.80. The van der Waals surface area contributed by atoms with E-state index in [4.69, 9.17) is 18.9 Å². The standard InChI is InChI=1S/C34H40O8/c1-21-17-24(9-12-27(21)32(35)36)34(38)42-26-11-14-29-28-13-10-25(18-30(28)23(3)31(29)19-26)40-15-7-5-6-8-16-41-33(37)22(2)20-39-4/h9-14,17-19,22-23,32,35-36H,5-8,15-16,20H2,1-4H3. The number of benzene rings is 3. The summed E-state index contributed by atoms with van der Waals surface area (Å²) in [6.07, 6.45) is 2.11. The Balaban J connectivity index is 1.26. The van der Waals surface area contributed by atoms with Crippen molar-refractivity contribution in [2.75, 3.05) is 26.9 Å². The molecule has 3 aromatic rings. The summed E-state index contributed by atoms with van der Waals surface area (Å²) in [5.74, 6) is 0.431. The lowest BCUT2D eigenvalue weighted by atomic mass is 9.99. The number of aliphatic hydroxyl groups excluding tert-OH is 1. The molecule has 1 aliphatic carbocycles. The Labute approximate surface area is 247 Å². The van der Waals surface area contributed by atoms with E-state index >= 15 is 0 Å². The Hall–Kier alpha value is -3.72. The number of rotatable bonds is 14. The van der Waals surface area contributed by atoms with E-state index in [1.54, 1.807) is 33.1 Å². The number of ether oxygens (including phenoxy) is 4. The van der Waals surface area contributed by atoms with Crippen molar-refractivity contribution in [3.63, 3.8) is 0 Å². The van der Waals surface area contributed by atoms with Crippen LogP contribution in [0, 0.1) is 12.8 Å². The molecule has 8 heteroatoms. The maximum atomic E-state index is 12.8. The van der Waals surface area contributed by atoms with Gasteiger partial charge in [0.25, 0.3) is 0 Å². The zero-order valence-electron chi connectivity index (χ0n) is 24.7. The number of methoxy groups -OCH3 is 1. The zero-order chi connectivity index (χ0) is 30.2. The second kappa shape index (κ2) is 14.4. The van der Waals surface area contributed by atoms with Gasteiger partial charge < -0.3 is 29.2 Å². The molecule has 0 amide bonds. The van der Waals surface area contributed by atoms with Crippen LogP contribution in [0.25, 0.3) is 11.1 Å². The first-order valence-corrected chi connectivity index (χ1v) is 14.4. The Kier molecular flexibility index (Phi) is 10.7. The topological polar surface area (TPSA) is 112 Å². The quantitative estimate of drug-likeness (QED) is 0.103. The summed E-state index contributed by atoms with van der Waals surface area (Å²) >= 11 is 0. The fourth-order valence-electron chi connectivity index (χ4n) is 5.25. The van der Waals surface area contributed by atoms with E-state index < -0.39 is 12.3 Å². The Bertz CT molecular complexity index is 1400. The van der Waals surface area contributed by atoms with Crippen molar-refractivity contribution in [2.45, 2.75) is 58.7 Å². The lowest BCUT2D eigenvalue weighted by Crippen LogP contribution is -2.19. The van der Waals surface area contributed by atoms with Gasteiger partial charge in [-0.15, -0.1) is 0 Å². The van der Waals surface area contributed by atoms with Crippen LogP contribution in [0.3, 0.4) is 0 Å². The van der Waals surface area contributed by atoms with Crippen LogP contribution in [0.4, 0.5) is 0 Å². The summed E-state index contributed by atoms with van der Waals surface area (Å²) < 4.78 is 22.0. The highest BCUT2D eigenvalue weighted by molar-refractivity contribution is 5.91. The van der Waals surface area contributed by atoms with E-state index in [9.17, 15) is 19.8 Å². The minimum atomic E-state index is -1.59. The molecule has 0 bridgehead atoms. The Morgan fingerprint density at radius 3 is 2.14 bits per heavy atom. The van der Waals surface area contributed by atoms with Gasteiger partial charge in [0.2, 0.25) is 0 Å². The number of aryl methyl sites for hydroxylation is 1. The van der Waals surface area contributed by atoms with E-state index in [1.165, 1.54) is 17.7 Å². The first-order chi connectivity index (χ1) is 20.2. The molecule has 0 saturated carbocycles. The number of esters is 2. The van der Waals surface area contributed by atoms with Gasteiger partial charge in [0, 0.05) is 18.6 Å². The third-order valence-electron chi connectivity index (χ3n) is 7.63. The number of hydrogen-bond acceptors (Lipinski definition) is 8. The lowest BCUT2D eigenvalue weighted by Gasteiger charge is -2.12. The zero-order valence-corrected chi connectivity index (χ0v) is 24.7. The number of aliphatic hydroxyl groups is 2. The van der Waals surface area contributed by atoms with Gasteiger partial charge in [-0.25, -0.2) is 4.79 Å². The molecule has 1 aliphatic rings. The van der Waals surface area contributed by atoms with Crippen molar-refractivity contribution >= 4 is 11.9 Å². The highest BCUT2D eigenvalue weighted by atomic mass is 16.5. The van der Waals surface area contributed by atoms with Gasteiger partial charge in [-0.2, -0.15) is 0 Å². The maximum absolute atomic E-state index is 12.8. The third-order valence-corrected chi connectivity index (χ3v) is 7.63. The molecule has 8 nitrogen and oxygen atoms in total. The summed E-state index contributed by atoms with van der Waals surface area (Å²) in [6.45, 7) is 7.06. The predicted octanol–water partition coefficient (Wildman–Crippen LogP) is 6.09. The van der Waals surface area contributed by atoms with Gasteiger partial charge in [-0.3, -0.25) is 4.79 Å². The van der Waals surface area contributed by atoms with Gasteiger partial charge >= 0.3 is 11.9 Å². The smallest absolute Gasteiger partial charge is 0.343 e. The van der Waals surface area contributed by atoms with Gasteiger partial charge in [0.05, 0.1) is 31.3 Å². The predicted molar refractivity (Wildman–Crippen MR) is 159 cm³/mol. The number of carbonyl (C=O) groups is 2. The fourth-order valence-corrected chi connectivity index (χ4v) is 5.25. The number of fused-ring (bicyclic) bond motifs is 3. The van der Waals surface area contributed by atoms with Crippen molar-refractivity contribution in [2.24, 2.45) is 5.92 Å². The first-order valence-electron chi connectivity index (χ1n) is 14.4. The van der Waals surface area contributed by atoms with E-state index in [0.29, 0.717) is 42.3 Å². The van der Waals surface area contributed by atoms with Crippen molar-refractivity contribution in [3.8, 4) is 22.6 Å². The van der Waals surface area contributed by atoms with Gasteiger partial charge in [-0.1, -0.05) is 25.1 Å². The van der Waals surface area contributed by atoms with Gasteiger partial charge in [-0.05, 0) is 104 Å². The molecule has 0 fully saturated rings. The molecule has 224 valence electrons. The van der Waals surface area contributed by atoms with Crippen molar-refractivity contribution < 1.29 is 38.7 Å². The van der Waals surface area contributed by atoms with Crippen LogP contribution < -0.4 is 9.47 Å². The molecule has 3 aromatic carbocycles. The van der Waals surface area contributed by atoms with Crippen LogP contribution in [0.15, 0.2) is 54.6 Å². The number of carbonyl (C=O) groups excluding carboxylic acids is 2. The average Bonchev–Trinajstić information content (AvgIpc) is 3.24. The summed E-state index contributed by atoms with van der Waals surface area (Å²) in [7, 11) is 1.57. The van der Waals surface area contributed by atoms with Crippen LogP contribution in [-0.2, 0) is 14.3 Å². The maximum Gasteiger partial charge on any atom is 0.343 e. The van der Waals surface area contributed by atoms with Crippen LogP contribution in [-0.4, -0.2) is 49.1 Å². The van der Waals surface area contributed by atoms with Gasteiger partial charge in [0.1, 0.15) is 11.5 Å². The van der Waals surface area contributed by atoms with Crippen molar-refractivity contribution in [3.05, 3.63) is 82.4 Å². The molecule has 0 radical (unpaired) electrons. The molecule has 0 spiro atoms. The fraction of sp³-hybridized carbons (Fsp3) is 0.412. The molecule has 0 heterocycles. The van der Waals surface area contributed by atoms with E-state index in [1.807, 2.05) is 18.2 Å². The van der Waals surface area contributed by atoms with E-state index in [2.05, 4.69) is 19.1 Å². The third kappa shape index (κ3) is 7.56. The summed E-state index contributed by atoms with van der Waals surface area (Å²) in [5, 5.41) is 18.8. The van der Waals surface area contributed by atoms with Gasteiger partial charge in [0.15, 0.2) is 6.29 Å². The molecule has 0 saturated heterocycles. The van der Waals surface area contributed by atoms with Crippen molar-refractivity contribution in [1.82, 2.24) is 0 Å². The van der Waals surface area contributed by atoms with Crippen molar-refractivity contribution in [1.29, 1.82) is 0 Å². The second-order valence-corrected chi connectivity index (χ2v) is 10.8. The molecular weight excluding hydrogens is 536 g/mol. The van der Waals surface area contributed by atoms with Crippen LogP contribution >= 0.6 is 0 Å². The monoisotopic (exact) mass is 576 g/mol. The second-order valence-electron chi connectivity index (χ2n) is 10.8. The Morgan fingerprint density at radius 2 is 1.50 bits per heavy atom. The van der Waals surface area contributed by atoms with Crippen LogP contribution in [0.2, 0.25) is 0 Å². The minimum absolute atomic E-state index is 0.110. The Morgan fingerprint density at radius 1 is 0.857 bits per heavy atom. The van der Waals surface area contributed by atoms with Crippen LogP contribution in [0.1, 0.15) is 84.4 Å². The SMILES string of the molecule is COCC(C)C(=O)OCCCCCCOc1ccc2c(c1)C(C)c1cc(OC(=O)c3ccc(C(O)O)c(C)c3)ccc1-2. The van der Waals surface area contributed by atoms with Crippen LogP contribution in [0.5, 0.6) is 11.5 Å². The normalized spacial score (nSPS) is 14.3. The lowest BCUT2D eigenvalue weighted by molar-refractivity contribution is -0.149. The largest absolute Gasteiger partial charge is 0.494 e. The average molecular weight is 577 g/mol. The minimum Gasteiger partial charge on any atom is -0.494 e.